The van der Waals surface area contributed by atoms with Crippen molar-refractivity contribution in [3.63, 3.8) is 0 Å². The van der Waals surface area contributed by atoms with Crippen LogP contribution in [0, 0.1) is 5.82 Å². The Balaban J connectivity index is 0.00000341. The van der Waals surface area contributed by atoms with Gasteiger partial charge in [0.15, 0.2) is 23.4 Å². The number of aromatic nitrogens is 3. The molecule has 0 amide bonds. The van der Waals surface area contributed by atoms with E-state index in [1.165, 1.54) is 6.07 Å². The lowest BCUT2D eigenvalue weighted by Crippen LogP contribution is -2.41. The molecule has 0 aliphatic carbocycles. The largest absolute Gasteiger partial charge is 0.489 e. The number of nitrogens with one attached hydrogen (secondary N) is 1. The summed E-state index contributed by atoms with van der Waals surface area (Å²) in [6, 6.07) is 11.9. The molecule has 0 atom stereocenters. The number of rotatable bonds is 9. The van der Waals surface area contributed by atoms with Crippen LogP contribution in [0.3, 0.4) is 0 Å². The monoisotopic (exact) mass is 540 g/mol. The van der Waals surface area contributed by atoms with E-state index in [0.29, 0.717) is 43.5 Å². The molecule has 0 radical (unpaired) electrons. The molecule has 0 fully saturated rings. The molecule has 1 aromatic carbocycles. The summed E-state index contributed by atoms with van der Waals surface area (Å²) in [7, 11) is 1.90. The van der Waals surface area contributed by atoms with E-state index in [1.54, 1.807) is 24.4 Å². The van der Waals surface area contributed by atoms with Crippen LogP contribution < -0.4 is 10.1 Å². The van der Waals surface area contributed by atoms with E-state index >= 15 is 0 Å². The maximum Gasteiger partial charge on any atom is 0.276 e. The molecule has 8 nitrogen and oxygen atoms in total. The standard InChI is InChI=1S/C21H25FN6O2.HI/c1-3-23-21(28(2)14-15-29-18-10-5-4-8-16(18)22)25-13-11-19-26-20(30-27-19)17-9-6-7-12-24-17;/h4-10,12H,3,11,13-15H2,1-2H3,(H,23,25);1H. The van der Waals surface area contributed by atoms with Crippen LogP contribution in [0.1, 0.15) is 12.7 Å². The first-order chi connectivity index (χ1) is 14.7. The Morgan fingerprint density at radius 2 is 2.03 bits per heavy atom. The average molecular weight is 540 g/mol. The minimum absolute atomic E-state index is 0. The number of para-hydroxylation sites is 1. The third-order valence-corrected chi connectivity index (χ3v) is 4.17. The van der Waals surface area contributed by atoms with E-state index in [1.807, 2.05) is 37.1 Å². The van der Waals surface area contributed by atoms with E-state index in [2.05, 4.69) is 25.4 Å². The predicted octanol–water partition coefficient (Wildman–Crippen LogP) is 3.41. The Kier molecular flexibility index (Phi) is 10.1. The van der Waals surface area contributed by atoms with Gasteiger partial charge in [0.05, 0.1) is 6.54 Å². The second-order valence-corrected chi connectivity index (χ2v) is 6.42. The van der Waals surface area contributed by atoms with Crippen molar-refractivity contribution >= 4 is 29.9 Å². The molecule has 0 spiro atoms. The van der Waals surface area contributed by atoms with Crippen LogP contribution in [0.2, 0.25) is 0 Å². The van der Waals surface area contributed by atoms with Gasteiger partial charge in [0.25, 0.3) is 5.89 Å². The molecule has 3 rings (SSSR count). The highest BCUT2D eigenvalue weighted by atomic mass is 127. The van der Waals surface area contributed by atoms with Crippen LogP contribution in [0.5, 0.6) is 5.75 Å². The smallest absolute Gasteiger partial charge is 0.276 e. The van der Waals surface area contributed by atoms with Gasteiger partial charge < -0.3 is 19.5 Å². The van der Waals surface area contributed by atoms with Gasteiger partial charge in [-0.1, -0.05) is 23.4 Å². The number of benzene rings is 1. The van der Waals surface area contributed by atoms with Crippen LogP contribution in [-0.2, 0) is 6.42 Å². The maximum atomic E-state index is 13.6. The van der Waals surface area contributed by atoms with E-state index in [-0.39, 0.29) is 35.5 Å². The maximum absolute atomic E-state index is 13.6. The highest BCUT2D eigenvalue weighted by molar-refractivity contribution is 14.0. The predicted molar refractivity (Wildman–Crippen MR) is 127 cm³/mol. The van der Waals surface area contributed by atoms with Crippen molar-refractivity contribution < 1.29 is 13.7 Å². The third kappa shape index (κ3) is 7.46. The molecule has 0 unspecified atom stereocenters. The number of pyridine rings is 1. The van der Waals surface area contributed by atoms with E-state index in [4.69, 9.17) is 9.26 Å². The van der Waals surface area contributed by atoms with Crippen LogP contribution in [0.25, 0.3) is 11.6 Å². The number of ether oxygens (including phenoxy) is 1. The van der Waals surface area contributed by atoms with Crippen molar-refractivity contribution in [1.29, 1.82) is 0 Å². The van der Waals surface area contributed by atoms with E-state index < -0.39 is 0 Å². The lowest BCUT2D eigenvalue weighted by molar-refractivity contribution is 0.270. The number of aliphatic imine (C=N–C) groups is 1. The first kappa shape index (κ1) is 24.5. The van der Waals surface area contributed by atoms with Gasteiger partial charge in [-0.3, -0.25) is 9.98 Å². The topological polar surface area (TPSA) is 88.7 Å². The molecule has 166 valence electrons. The zero-order chi connectivity index (χ0) is 21.2. The fourth-order valence-corrected chi connectivity index (χ4v) is 2.64. The van der Waals surface area contributed by atoms with Crippen molar-refractivity contribution in [2.75, 3.05) is 33.3 Å². The van der Waals surface area contributed by atoms with Crippen LogP contribution >= 0.6 is 24.0 Å². The van der Waals surface area contributed by atoms with Crippen molar-refractivity contribution in [1.82, 2.24) is 25.3 Å². The number of nitrogens with zero attached hydrogens (tertiary/aromatic N) is 5. The number of hydrogen-bond acceptors (Lipinski definition) is 6. The molecular weight excluding hydrogens is 514 g/mol. The fraction of sp³-hybridized carbons (Fsp3) is 0.333. The van der Waals surface area contributed by atoms with Gasteiger partial charge in [-0.05, 0) is 31.2 Å². The van der Waals surface area contributed by atoms with Crippen molar-refractivity contribution in [2.45, 2.75) is 13.3 Å². The quantitative estimate of drug-likeness (QED) is 0.253. The summed E-state index contributed by atoms with van der Waals surface area (Å²) >= 11 is 0. The van der Waals surface area contributed by atoms with Gasteiger partial charge in [-0.25, -0.2) is 4.39 Å². The molecule has 1 N–H and O–H groups in total. The summed E-state index contributed by atoms with van der Waals surface area (Å²) in [6.07, 6.45) is 2.21. The molecule has 31 heavy (non-hydrogen) atoms. The zero-order valence-electron chi connectivity index (χ0n) is 17.5. The lowest BCUT2D eigenvalue weighted by Gasteiger charge is -2.22. The molecule has 10 heteroatoms. The third-order valence-electron chi connectivity index (χ3n) is 4.17. The first-order valence-electron chi connectivity index (χ1n) is 9.78. The molecule has 0 bridgehead atoms. The Hall–Kier alpha value is -2.76. The number of likely N-dealkylation sites (N-methyl/N-ethyl adjacent to an activating group) is 1. The van der Waals surface area contributed by atoms with Gasteiger partial charge in [-0.15, -0.1) is 24.0 Å². The summed E-state index contributed by atoms with van der Waals surface area (Å²) in [5.74, 6) is 1.56. The number of halogens is 2. The highest BCUT2D eigenvalue weighted by Crippen LogP contribution is 2.15. The van der Waals surface area contributed by atoms with Crippen LogP contribution in [0.4, 0.5) is 4.39 Å². The lowest BCUT2D eigenvalue weighted by atomic mass is 10.3. The molecule has 0 aliphatic rings. The normalized spacial score (nSPS) is 11.0. The molecule has 0 aliphatic heterocycles. The SMILES string of the molecule is CCNC(=NCCc1noc(-c2ccccn2)n1)N(C)CCOc1ccccc1F.I. The van der Waals surface area contributed by atoms with Gasteiger partial charge in [0, 0.05) is 32.8 Å². The van der Waals surface area contributed by atoms with Gasteiger partial charge >= 0.3 is 0 Å². The van der Waals surface area contributed by atoms with E-state index in [9.17, 15) is 4.39 Å². The van der Waals surface area contributed by atoms with Gasteiger partial charge in [-0.2, -0.15) is 4.98 Å². The summed E-state index contributed by atoms with van der Waals surface area (Å²) in [6.45, 7) is 4.09. The van der Waals surface area contributed by atoms with Crippen molar-refractivity contribution in [3.8, 4) is 17.3 Å². The summed E-state index contributed by atoms with van der Waals surface area (Å²) < 4.78 is 24.4. The second-order valence-electron chi connectivity index (χ2n) is 6.42. The molecule has 2 aromatic heterocycles. The molecule has 0 saturated heterocycles. The first-order valence-corrected chi connectivity index (χ1v) is 9.78. The second kappa shape index (κ2) is 12.8. The van der Waals surface area contributed by atoms with Crippen molar-refractivity contribution in [3.05, 3.63) is 60.3 Å². The Morgan fingerprint density at radius 3 is 2.77 bits per heavy atom. The van der Waals surface area contributed by atoms with E-state index in [0.717, 1.165) is 12.5 Å². The van der Waals surface area contributed by atoms with Gasteiger partial charge in [0.1, 0.15) is 12.3 Å². The Labute approximate surface area is 197 Å². The number of guanidine groups is 1. The fourth-order valence-electron chi connectivity index (χ4n) is 2.64. The Morgan fingerprint density at radius 1 is 1.23 bits per heavy atom. The van der Waals surface area contributed by atoms with Gasteiger partial charge in [0.2, 0.25) is 0 Å². The van der Waals surface area contributed by atoms with Crippen LogP contribution in [0.15, 0.2) is 58.2 Å². The summed E-state index contributed by atoms with van der Waals surface area (Å²) in [5.41, 5.74) is 0.641. The van der Waals surface area contributed by atoms with Crippen molar-refractivity contribution in [2.24, 2.45) is 4.99 Å². The number of hydrogen-bond donors (Lipinski definition) is 1. The molecule has 0 saturated carbocycles. The summed E-state index contributed by atoms with van der Waals surface area (Å²) in [5, 5.41) is 7.22. The Bertz CT molecular complexity index is 954. The van der Waals surface area contributed by atoms with Crippen LogP contribution in [-0.4, -0.2) is 59.3 Å². The molecule has 2 heterocycles. The molecular formula is C21H26FIN6O2. The molecule has 3 aromatic rings. The zero-order valence-corrected chi connectivity index (χ0v) is 19.8. The minimum Gasteiger partial charge on any atom is -0.489 e. The highest BCUT2D eigenvalue weighted by Gasteiger charge is 2.10. The minimum atomic E-state index is -0.370. The summed E-state index contributed by atoms with van der Waals surface area (Å²) in [4.78, 5) is 15.1. The average Bonchev–Trinajstić information content (AvgIpc) is 3.24.